The van der Waals surface area contributed by atoms with Crippen molar-refractivity contribution in [2.24, 2.45) is 0 Å². The van der Waals surface area contributed by atoms with Gasteiger partial charge in [-0.05, 0) is 19.1 Å². The van der Waals surface area contributed by atoms with E-state index in [1.165, 1.54) is 12.1 Å². The van der Waals surface area contributed by atoms with E-state index in [-0.39, 0.29) is 11.5 Å². The monoisotopic (exact) mass is 236 g/mol. The van der Waals surface area contributed by atoms with Crippen molar-refractivity contribution in [1.29, 1.82) is 0 Å². The fourth-order valence-corrected chi connectivity index (χ4v) is 1.38. The molecule has 0 atom stereocenters. The molecule has 0 aliphatic heterocycles. The zero-order valence-corrected chi connectivity index (χ0v) is 9.04. The summed E-state index contributed by atoms with van der Waals surface area (Å²) in [5, 5.41) is 2.71. The summed E-state index contributed by atoms with van der Waals surface area (Å²) in [6.45, 7) is 1.67. The zero-order valence-electron chi connectivity index (χ0n) is 9.04. The molecular formula is C11H10F2N4. The first-order valence-electron chi connectivity index (χ1n) is 4.88. The van der Waals surface area contributed by atoms with Crippen LogP contribution >= 0.6 is 0 Å². The fourth-order valence-electron chi connectivity index (χ4n) is 1.38. The predicted octanol–water partition coefficient (Wildman–Crippen LogP) is 2.39. The molecule has 2 aromatic rings. The van der Waals surface area contributed by atoms with Crippen molar-refractivity contribution in [3.8, 4) is 0 Å². The average molecular weight is 236 g/mol. The number of hydrogen-bond donors (Lipinski definition) is 2. The van der Waals surface area contributed by atoms with E-state index >= 15 is 0 Å². The van der Waals surface area contributed by atoms with Gasteiger partial charge in [0.05, 0.1) is 5.69 Å². The minimum atomic E-state index is -0.695. The number of aryl methyl sites for hydroxylation is 1. The molecule has 0 saturated heterocycles. The Hall–Kier alpha value is -2.24. The summed E-state index contributed by atoms with van der Waals surface area (Å²) in [5.41, 5.74) is 5.66. The number of rotatable bonds is 2. The van der Waals surface area contributed by atoms with Gasteiger partial charge in [0, 0.05) is 12.1 Å². The Morgan fingerprint density at radius 2 is 1.94 bits per heavy atom. The summed E-state index contributed by atoms with van der Waals surface area (Å²) in [4.78, 5) is 7.92. The summed E-state index contributed by atoms with van der Waals surface area (Å²) in [5.74, 6) is -0.218. The molecule has 0 amide bonds. The van der Waals surface area contributed by atoms with Crippen LogP contribution < -0.4 is 11.1 Å². The minimum absolute atomic E-state index is 0.129. The van der Waals surface area contributed by atoms with Crippen molar-refractivity contribution in [3.05, 3.63) is 41.7 Å². The molecule has 6 heteroatoms. The Kier molecular flexibility index (Phi) is 2.86. The lowest BCUT2D eigenvalue weighted by Gasteiger charge is -2.07. The third-order valence-corrected chi connectivity index (χ3v) is 2.05. The average Bonchev–Trinajstić information content (AvgIpc) is 2.21. The highest BCUT2D eigenvalue weighted by Crippen LogP contribution is 2.20. The number of benzene rings is 1. The SMILES string of the molecule is Cc1nc(N)cc(Nc2ccc(F)cc2F)n1. The minimum Gasteiger partial charge on any atom is -0.384 e. The van der Waals surface area contributed by atoms with Gasteiger partial charge in [-0.15, -0.1) is 0 Å². The summed E-state index contributed by atoms with van der Waals surface area (Å²) >= 11 is 0. The van der Waals surface area contributed by atoms with Crippen LogP contribution in [0, 0.1) is 18.6 Å². The van der Waals surface area contributed by atoms with Crippen LogP contribution in [0.15, 0.2) is 24.3 Å². The third-order valence-electron chi connectivity index (χ3n) is 2.05. The molecule has 2 rings (SSSR count). The number of nitrogen functional groups attached to an aromatic ring is 1. The van der Waals surface area contributed by atoms with E-state index in [4.69, 9.17) is 5.73 Å². The maximum Gasteiger partial charge on any atom is 0.149 e. The Morgan fingerprint density at radius 3 is 2.59 bits per heavy atom. The molecule has 88 valence electrons. The molecule has 1 aromatic carbocycles. The summed E-state index contributed by atoms with van der Waals surface area (Å²) in [6, 6.07) is 4.71. The second kappa shape index (κ2) is 4.32. The molecule has 0 fully saturated rings. The van der Waals surface area contributed by atoms with E-state index < -0.39 is 11.6 Å². The largest absolute Gasteiger partial charge is 0.384 e. The molecule has 1 heterocycles. The standard InChI is InChI=1S/C11H10F2N4/c1-6-15-10(14)5-11(16-6)17-9-3-2-7(12)4-8(9)13/h2-5H,1H3,(H3,14,15,16,17). The van der Waals surface area contributed by atoms with Crippen LogP contribution in [0.25, 0.3) is 0 Å². The van der Waals surface area contributed by atoms with E-state index in [2.05, 4.69) is 15.3 Å². The van der Waals surface area contributed by atoms with Crippen molar-refractivity contribution < 1.29 is 8.78 Å². The predicted molar refractivity (Wildman–Crippen MR) is 60.8 cm³/mol. The fraction of sp³-hybridized carbons (Fsp3) is 0.0909. The number of halogens is 2. The Labute approximate surface area is 96.5 Å². The molecule has 3 N–H and O–H groups in total. The van der Waals surface area contributed by atoms with Crippen molar-refractivity contribution in [1.82, 2.24) is 9.97 Å². The zero-order chi connectivity index (χ0) is 12.4. The van der Waals surface area contributed by atoms with Crippen molar-refractivity contribution in [2.75, 3.05) is 11.1 Å². The molecule has 17 heavy (non-hydrogen) atoms. The molecule has 1 aromatic heterocycles. The highest BCUT2D eigenvalue weighted by atomic mass is 19.1. The van der Waals surface area contributed by atoms with Crippen LogP contribution in [-0.2, 0) is 0 Å². The quantitative estimate of drug-likeness (QED) is 0.840. The van der Waals surface area contributed by atoms with Crippen LogP contribution in [0.5, 0.6) is 0 Å². The lowest BCUT2D eigenvalue weighted by atomic mass is 10.3. The molecule has 0 bridgehead atoms. The Balaban J connectivity index is 2.31. The molecular weight excluding hydrogens is 226 g/mol. The lowest BCUT2D eigenvalue weighted by Crippen LogP contribution is -2.01. The van der Waals surface area contributed by atoms with Crippen LogP contribution in [0.3, 0.4) is 0 Å². The molecule has 0 saturated carbocycles. The molecule has 0 aliphatic rings. The van der Waals surface area contributed by atoms with Gasteiger partial charge in [-0.2, -0.15) is 0 Å². The van der Waals surface area contributed by atoms with Gasteiger partial charge in [-0.1, -0.05) is 0 Å². The van der Waals surface area contributed by atoms with Gasteiger partial charge in [-0.25, -0.2) is 18.7 Å². The second-order valence-electron chi connectivity index (χ2n) is 3.47. The van der Waals surface area contributed by atoms with Gasteiger partial charge >= 0.3 is 0 Å². The third kappa shape index (κ3) is 2.66. The van der Waals surface area contributed by atoms with E-state index in [1.807, 2.05) is 0 Å². The van der Waals surface area contributed by atoms with Crippen LogP contribution in [-0.4, -0.2) is 9.97 Å². The van der Waals surface area contributed by atoms with E-state index in [9.17, 15) is 8.78 Å². The maximum absolute atomic E-state index is 13.4. The van der Waals surface area contributed by atoms with Gasteiger partial charge in [0.25, 0.3) is 0 Å². The van der Waals surface area contributed by atoms with Crippen LogP contribution in [0.4, 0.5) is 26.1 Å². The molecule has 0 spiro atoms. The van der Waals surface area contributed by atoms with Gasteiger partial charge in [-0.3, -0.25) is 0 Å². The number of nitrogens with zero attached hydrogens (tertiary/aromatic N) is 2. The van der Waals surface area contributed by atoms with Crippen LogP contribution in [0.1, 0.15) is 5.82 Å². The number of hydrogen-bond acceptors (Lipinski definition) is 4. The van der Waals surface area contributed by atoms with Crippen LogP contribution in [0.2, 0.25) is 0 Å². The lowest BCUT2D eigenvalue weighted by molar-refractivity contribution is 0.586. The summed E-state index contributed by atoms with van der Waals surface area (Å²) < 4.78 is 26.1. The molecule has 4 nitrogen and oxygen atoms in total. The maximum atomic E-state index is 13.4. The number of anilines is 3. The molecule has 0 unspecified atom stereocenters. The smallest absolute Gasteiger partial charge is 0.149 e. The highest BCUT2D eigenvalue weighted by Gasteiger charge is 2.05. The first-order chi connectivity index (χ1) is 8.04. The molecule has 0 aliphatic carbocycles. The van der Waals surface area contributed by atoms with E-state index in [0.717, 1.165) is 12.1 Å². The van der Waals surface area contributed by atoms with Gasteiger partial charge in [0.1, 0.15) is 29.1 Å². The first-order valence-corrected chi connectivity index (χ1v) is 4.88. The number of nitrogens with two attached hydrogens (primary N) is 1. The Morgan fingerprint density at radius 1 is 1.18 bits per heavy atom. The highest BCUT2D eigenvalue weighted by molar-refractivity contribution is 5.58. The number of nitrogens with one attached hydrogen (secondary N) is 1. The van der Waals surface area contributed by atoms with Gasteiger partial charge in [0.2, 0.25) is 0 Å². The van der Waals surface area contributed by atoms with E-state index in [0.29, 0.717) is 11.6 Å². The van der Waals surface area contributed by atoms with Crippen molar-refractivity contribution >= 4 is 17.3 Å². The van der Waals surface area contributed by atoms with E-state index in [1.54, 1.807) is 6.92 Å². The van der Waals surface area contributed by atoms with Crippen molar-refractivity contribution in [3.63, 3.8) is 0 Å². The van der Waals surface area contributed by atoms with Crippen molar-refractivity contribution in [2.45, 2.75) is 6.92 Å². The number of aromatic nitrogens is 2. The second-order valence-corrected chi connectivity index (χ2v) is 3.47. The topological polar surface area (TPSA) is 63.8 Å². The van der Waals surface area contributed by atoms with Gasteiger partial charge < -0.3 is 11.1 Å². The Bertz CT molecular complexity index is 537. The first kappa shape index (κ1) is 11.3. The molecule has 0 radical (unpaired) electrons. The normalized spacial score (nSPS) is 10.3. The summed E-state index contributed by atoms with van der Waals surface area (Å²) in [6.07, 6.45) is 0. The van der Waals surface area contributed by atoms with Gasteiger partial charge in [0.15, 0.2) is 0 Å². The summed E-state index contributed by atoms with van der Waals surface area (Å²) in [7, 11) is 0.